The molecule has 0 bridgehead atoms. The van der Waals surface area contributed by atoms with Crippen molar-refractivity contribution in [3.8, 4) is 22.6 Å². The van der Waals surface area contributed by atoms with Gasteiger partial charge in [0.1, 0.15) is 11.5 Å². The molecule has 1 heterocycles. The zero-order chi connectivity index (χ0) is 23.9. The molecule has 0 aliphatic heterocycles. The van der Waals surface area contributed by atoms with Crippen LogP contribution in [-0.2, 0) is 20.2 Å². The Kier molecular flexibility index (Phi) is 5.76. The minimum Gasteiger partial charge on any atom is -0.376 e. The molecular formula is C17H9F6NO6S2. The van der Waals surface area contributed by atoms with E-state index in [1.54, 1.807) is 0 Å². The first-order chi connectivity index (χ1) is 14.6. The van der Waals surface area contributed by atoms with Crippen LogP contribution in [0.5, 0.6) is 11.5 Å². The van der Waals surface area contributed by atoms with Gasteiger partial charge in [-0.2, -0.15) is 43.2 Å². The number of alkyl halides is 6. The van der Waals surface area contributed by atoms with E-state index in [9.17, 15) is 43.2 Å². The Balaban J connectivity index is 1.85. The van der Waals surface area contributed by atoms with Crippen LogP contribution in [-0.4, -0.2) is 32.8 Å². The molecule has 0 aliphatic rings. The summed E-state index contributed by atoms with van der Waals surface area (Å²) < 4.78 is 127. The second-order valence-electron chi connectivity index (χ2n) is 6.07. The van der Waals surface area contributed by atoms with Crippen LogP contribution in [0.15, 0.2) is 54.7 Å². The standard InChI is InChI=1S/C17H9F6NO6S2/c18-16(19,20)31(25,26)29-13-4-1-10(2-5-13)12-7-11-3-6-14(8-15(11)24-9-12)30-32(27,28)17(21,22)23/h1-9H. The van der Waals surface area contributed by atoms with Crippen LogP contribution in [0.4, 0.5) is 26.3 Å². The number of fused-ring (bicyclic) bond motifs is 1. The van der Waals surface area contributed by atoms with E-state index in [0.29, 0.717) is 16.5 Å². The third-order valence-electron chi connectivity index (χ3n) is 3.82. The number of rotatable bonds is 5. The summed E-state index contributed by atoms with van der Waals surface area (Å²) in [7, 11) is -11.7. The fraction of sp³-hybridized carbons (Fsp3) is 0.118. The number of pyridine rings is 1. The quantitative estimate of drug-likeness (QED) is 0.291. The normalized spacial score (nSPS) is 13.2. The Labute approximate surface area is 176 Å². The highest BCUT2D eigenvalue weighted by Crippen LogP contribution is 2.31. The van der Waals surface area contributed by atoms with Crippen molar-refractivity contribution in [1.29, 1.82) is 0 Å². The van der Waals surface area contributed by atoms with Gasteiger partial charge in [0.2, 0.25) is 0 Å². The molecule has 15 heteroatoms. The van der Waals surface area contributed by atoms with Gasteiger partial charge in [0, 0.05) is 23.2 Å². The SMILES string of the molecule is O=S(=O)(Oc1ccc(-c2cnc3cc(OS(=O)(=O)C(F)(F)F)ccc3c2)cc1)C(F)(F)F. The van der Waals surface area contributed by atoms with Gasteiger partial charge in [0.05, 0.1) is 5.52 Å². The predicted octanol–water partition coefficient (Wildman–Crippen LogP) is 4.36. The van der Waals surface area contributed by atoms with Gasteiger partial charge in [0.15, 0.2) is 0 Å². The van der Waals surface area contributed by atoms with Crippen LogP contribution < -0.4 is 8.37 Å². The molecule has 0 radical (unpaired) electrons. The highest BCUT2D eigenvalue weighted by Gasteiger charge is 2.49. The van der Waals surface area contributed by atoms with E-state index in [2.05, 4.69) is 13.4 Å². The molecule has 0 unspecified atom stereocenters. The van der Waals surface area contributed by atoms with Gasteiger partial charge in [-0.3, -0.25) is 4.98 Å². The molecule has 2 aromatic carbocycles. The van der Waals surface area contributed by atoms with E-state index in [1.807, 2.05) is 0 Å². The number of nitrogens with zero attached hydrogens (tertiary/aromatic N) is 1. The minimum absolute atomic E-state index is 0.0971. The molecule has 0 N–H and O–H groups in total. The summed E-state index contributed by atoms with van der Waals surface area (Å²) in [4.78, 5) is 3.99. The fourth-order valence-electron chi connectivity index (χ4n) is 2.36. The number of benzene rings is 2. The van der Waals surface area contributed by atoms with Crippen LogP contribution in [0.25, 0.3) is 22.0 Å². The lowest BCUT2D eigenvalue weighted by Crippen LogP contribution is -2.28. The van der Waals surface area contributed by atoms with Gasteiger partial charge in [-0.15, -0.1) is 0 Å². The zero-order valence-electron chi connectivity index (χ0n) is 15.2. The molecule has 0 aliphatic carbocycles. The van der Waals surface area contributed by atoms with Gasteiger partial charge in [-0.1, -0.05) is 12.1 Å². The Bertz CT molecular complexity index is 1370. The summed E-state index contributed by atoms with van der Waals surface area (Å²) in [6.45, 7) is 0. The van der Waals surface area contributed by atoms with Crippen molar-refractivity contribution in [3.05, 3.63) is 54.7 Å². The van der Waals surface area contributed by atoms with E-state index in [4.69, 9.17) is 0 Å². The van der Waals surface area contributed by atoms with Crippen molar-refractivity contribution in [1.82, 2.24) is 4.98 Å². The zero-order valence-corrected chi connectivity index (χ0v) is 16.8. The van der Waals surface area contributed by atoms with E-state index in [-0.39, 0.29) is 5.52 Å². The average Bonchev–Trinajstić information content (AvgIpc) is 2.66. The lowest BCUT2D eigenvalue weighted by Gasteiger charge is -2.11. The summed E-state index contributed by atoms with van der Waals surface area (Å²) in [6.07, 6.45) is 1.26. The molecule has 3 aromatic rings. The maximum Gasteiger partial charge on any atom is 0.534 e. The molecule has 0 saturated carbocycles. The topological polar surface area (TPSA) is 99.6 Å². The summed E-state index contributed by atoms with van der Waals surface area (Å²) >= 11 is 0. The smallest absolute Gasteiger partial charge is 0.376 e. The monoisotopic (exact) mass is 501 g/mol. The van der Waals surface area contributed by atoms with Crippen LogP contribution in [0.3, 0.4) is 0 Å². The Morgan fingerprint density at radius 2 is 1.16 bits per heavy atom. The van der Waals surface area contributed by atoms with Crippen LogP contribution in [0, 0.1) is 0 Å². The van der Waals surface area contributed by atoms with Gasteiger partial charge in [-0.05, 0) is 35.9 Å². The van der Waals surface area contributed by atoms with E-state index >= 15 is 0 Å². The number of hydrogen-bond donors (Lipinski definition) is 0. The first-order valence-corrected chi connectivity index (χ1v) is 10.9. The molecule has 7 nitrogen and oxygen atoms in total. The first-order valence-electron chi connectivity index (χ1n) is 8.11. The van der Waals surface area contributed by atoms with Gasteiger partial charge in [0.25, 0.3) is 0 Å². The third kappa shape index (κ3) is 4.88. The van der Waals surface area contributed by atoms with Gasteiger partial charge >= 0.3 is 31.3 Å². The molecule has 0 saturated heterocycles. The fourth-order valence-corrected chi connectivity index (χ4v) is 3.27. The number of aromatic nitrogens is 1. The molecule has 0 fully saturated rings. The summed E-state index contributed by atoms with van der Waals surface area (Å²) in [5, 5.41) is 0.374. The lowest BCUT2D eigenvalue weighted by atomic mass is 10.1. The molecule has 0 amide bonds. The van der Waals surface area contributed by atoms with Crippen LogP contribution >= 0.6 is 0 Å². The minimum atomic E-state index is -5.85. The second-order valence-corrected chi connectivity index (χ2v) is 9.14. The molecule has 172 valence electrons. The van der Waals surface area contributed by atoms with Gasteiger partial charge < -0.3 is 8.37 Å². The maximum absolute atomic E-state index is 12.4. The molecule has 0 spiro atoms. The van der Waals surface area contributed by atoms with Crippen molar-refractivity contribution in [2.24, 2.45) is 0 Å². The van der Waals surface area contributed by atoms with E-state index in [0.717, 1.165) is 24.3 Å². The van der Waals surface area contributed by atoms with E-state index in [1.165, 1.54) is 30.5 Å². The summed E-state index contributed by atoms with van der Waals surface area (Å²) in [5.41, 5.74) is -10.3. The van der Waals surface area contributed by atoms with Crippen LogP contribution in [0.1, 0.15) is 0 Å². The largest absolute Gasteiger partial charge is 0.534 e. The average molecular weight is 501 g/mol. The number of hydrogen-bond acceptors (Lipinski definition) is 7. The third-order valence-corrected chi connectivity index (χ3v) is 5.78. The van der Waals surface area contributed by atoms with Crippen molar-refractivity contribution in [3.63, 3.8) is 0 Å². The summed E-state index contributed by atoms with van der Waals surface area (Å²) in [6, 6.07) is 9.21. The highest BCUT2D eigenvalue weighted by atomic mass is 32.2. The van der Waals surface area contributed by atoms with Crippen LogP contribution in [0.2, 0.25) is 0 Å². The predicted molar refractivity (Wildman–Crippen MR) is 98.4 cm³/mol. The van der Waals surface area contributed by atoms with Crippen molar-refractivity contribution in [2.75, 3.05) is 0 Å². The van der Waals surface area contributed by atoms with Crippen molar-refractivity contribution >= 4 is 31.1 Å². The lowest BCUT2D eigenvalue weighted by molar-refractivity contribution is -0.0504. The van der Waals surface area contributed by atoms with Crippen molar-refractivity contribution < 1.29 is 51.5 Å². The maximum atomic E-state index is 12.4. The first kappa shape index (κ1) is 23.6. The van der Waals surface area contributed by atoms with Gasteiger partial charge in [-0.25, -0.2) is 0 Å². The molecular weight excluding hydrogens is 492 g/mol. The number of halogens is 6. The summed E-state index contributed by atoms with van der Waals surface area (Å²) in [5.74, 6) is -1.19. The molecule has 1 aromatic heterocycles. The highest BCUT2D eigenvalue weighted by molar-refractivity contribution is 7.88. The molecule has 0 atom stereocenters. The Morgan fingerprint density at radius 3 is 1.69 bits per heavy atom. The Hall–Kier alpha value is -3.07. The second kappa shape index (κ2) is 7.81. The molecule has 32 heavy (non-hydrogen) atoms. The molecule has 3 rings (SSSR count). The van der Waals surface area contributed by atoms with E-state index < -0.39 is 42.8 Å². The Morgan fingerprint density at radius 1 is 0.656 bits per heavy atom. The van der Waals surface area contributed by atoms with Crippen molar-refractivity contribution in [2.45, 2.75) is 11.0 Å².